The van der Waals surface area contributed by atoms with Crippen LogP contribution in [-0.2, 0) is 13.0 Å². The molecule has 0 aliphatic carbocycles. The van der Waals surface area contributed by atoms with Crippen LogP contribution in [0.2, 0.25) is 0 Å². The molecule has 2 aliphatic rings. The summed E-state index contributed by atoms with van der Waals surface area (Å²) in [6.45, 7) is 3.85. The van der Waals surface area contributed by atoms with Gasteiger partial charge in [0.25, 0.3) is 0 Å². The number of nitrogens with zero attached hydrogens (tertiary/aromatic N) is 1. The van der Waals surface area contributed by atoms with Gasteiger partial charge in [-0.15, -0.1) is 0 Å². The summed E-state index contributed by atoms with van der Waals surface area (Å²) in [6.07, 6.45) is 3.60. The Morgan fingerprint density at radius 1 is 1.41 bits per heavy atom. The van der Waals surface area contributed by atoms with Gasteiger partial charge < -0.3 is 10.5 Å². The molecule has 0 saturated carbocycles. The lowest BCUT2D eigenvalue weighted by Crippen LogP contribution is -2.34. The minimum Gasteiger partial charge on any atom is -0.493 e. The molecule has 92 valence electrons. The number of fused-ring (bicyclic) bond motifs is 1. The second kappa shape index (κ2) is 4.67. The van der Waals surface area contributed by atoms with Crippen molar-refractivity contribution in [3.05, 3.63) is 29.3 Å². The van der Waals surface area contributed by atoms with Crippen molar-refractivity contribution in [3.63, 3.8) is 0 Å². The van der Waals surface area contributed by atoms with Gasteiger partial charge in [0.05, 0.1) is 6.61 Å². The summed E-state index contributed by atoms with van der Waals surface area (Å²) in [6, 6.07) is 7.19. The van der Waals surface area contributed by atoms with E-state index in [1.165, 1.54) is 30.5 Å². The van der Waals surface area contributed by atoms with Crippen LogP contribution in [0.15, 0.2) is 18.2 Å². The molecular weight excluding hydrogens is 212 g/mol. The fourth-order valence-corrected chi connectivity index (χ4v) is 2.94. The van der Waals surface area contributed by atoms with E-state index in [2.05, 4.69) is 23.1 Å². The van der Waals surface area contributed by atoms with Crippen molar-refractivity contribution in [2.24, 2.45) is 5.73 Å². The first kappa shape index (κ1) is 11.1. The van der Waals surface area contributed by atoms with Gasteiger partial charge in [0.1, 0.15) is 5.75 Å². The summed E-state index contributed by atoms with van der Waals surface area (Å²) in [4.78, 5) is 2.51. The van der Waals surface area contributed by atoms with Crippen LogP contribution < -0.4 is 10.5 Å². The molecule has 0 spiro atoms. The van der Waals surface area contributed by atoms with Crippen molar-refractivity contribution in [1.82, 2.24) is 4.90 Å². The fraction of sp³-hybridized carbons (Fsp3) is 0.571. The molecule has 1 fully saturated rings. The zero-order valence-corrected chi connectivity index (χ0v) is 10.2. The number of benzene rings is 1. The van der Waals surface area contributed by atoms with E-state index in [0.717, 1.165) is 31.9 Å². The van der Waals surface area contributed by atoms with E-state index < -0.39 is 0 Å². The van der Waals surface area contributed by atoms with Crippen molar-refractivity contribution < 1.29 is 4.74 Å². The molecular formula is C14H20N2O. The smallest absolute Gasteiger partial charge is 0.122 e. The van der Waals surface area contributed by atoms with Gasteiger partial charge in [0, 0.05) is 25.6 Å². The number of hydrogen-bond donors (Lipinski definition) is 1. The van der Waals surface area contributed by atoms with E-state index in [1.54, 1.807) is 0 Å². The van der Waals surface area contributed by atoms with Crippen LogP contribution in [0.25, 0.3) is 0 Å². The average molecular weight is 232 g/mol. The largest absolute Gasteiger partial charge is 0.493 e. The Morgan fingerprint density at radius 3 is 3.24 bits per heavy atom. The average Bonchev–Trinajstić information content (AvgIpc) is 2.96. The van der Waals surface area contributed by atoms with Gasteiger partial charge in [-0.2, -0.15) is 0 Å². The quantitative estimate of drug-likeness (QED) is 0.859. The second-order valence-corrected chi connectivity index (χ2v) is 5.04. The SMILES string of the molecule is NCC1CCCN1Cc1ccc2c(c1)CCO2. The molecule has 1 unspecified atom stereocenters. The first-order valence-corrected chi connectivity index (χ1v) is 6.55. The van der Waals surface area contributed by atoms with E-state index in [9.17, 15) is 0 Å². The molecule has 0 radical (unpaired) electrons. The number of ether oxygens (including phenoxy) is 1. The highest BCUT2D eigenvalue weighted by Gasteiger charge is 2.23. The van der Waals surface area contributed by atoms with Crippen LogP contribution in [-0.4, -0.2) is 30.6 Å². The van der Waals surface area contributed by atoms with Gasteiger partial charge in [-0.05, 0) is 36.6 Å². The molecule has 3 heteroatoms. The highest BCUT2D eigenvalue weighted by atomic mass is 16.5. The van der Waals surface area contributed by atoms with E-state index in [4.69, 9.17) is 10.5 Å². The van der Waals surface area contributed by atoms with Crippen molar-refractivity contribution in [2.75, 3.05) is 19.7 Å². The van der Waals surface area contributed by atoms with Crippen LogP contribution >= 0.6 is 0 Å². The van der Waals surface area contributed by atoms with E-state index in [1.807, 2.05) is 0 Å². The molecule has 17 heavy (non-hydrogen) atoms. The third kappa shape index (κ3) is 2.17. The Labute approximate surface area is 103 Å². The molecule has 2 aliphatic heterocycles. The van der Waals surface area contributed by atoms with E-state index in [-0.39, 0.29) is 0 Å². The molecule has 0 aromatic heterocycles. The van der Waals surface area contributed by atoms with Crippen LogP contribution in [0.1, 0.15) is 24.0 Å². The van der Waals surface area contributed by atoms with Gasteiger partial charge in [0.2, 0.25) is 0 Å². The van der Waals surface area contributed by atoms with Crippen LogP contribution in [0, 0.1) is 0 Å². The zero-order chi connectivity index (χ0) is 11.7. The van der Waals surface area contributed by atoms with Crippen molar-refractivity contribution in [3.8, 4) is 5.75 Å². The maximum atomic E-state index is 5.81. The molecule has 1 saturated heterocycles. The third-order valence-electron chi connectivity index (χ3n) is 3.91. The second-order valence-electron chi connectivity index (χ2n) is 5.04. The Balaban J connectivity index is 1.72. The molecule has 2 heterocycles. The Hall–Kier alpha value is -1.06. The van der Waals surface area contributed by atoms with E-state index >= 15 is 0 Å². The van der Waals surface area contributed by atoms with Crippen LogP contribution in [0.4, 0.5) is 0 Å². The van der Waals surface area contributed by atoms with Crippen molar-refractivity contribution >= 4 is 0 Å². The zero-order valence-electron chi connectivity index (χ0n) is 10.2. The Morgan fingerprint density at radius 2 is 2.35 bits per heavy atom. The van der Waals surface area contributed by atoms with Gasteiger partial charge in [0.15, 0.2) is 0 Å². The molecule has 1 atom stereocenters. The monoisotopic (exact) mass is 232 g/mol. The normalized spacial score (nSPS) is 23.7. The molecule has 3 nitrogen and oxygen atoms in total. The minimum atomic E-state index is 0.583. The standard InChI is InChI=1S/C14H20N2O/c15-9-13-2-1-6-16(13)10-11-3-4-14-12(8-11)5-7-17-14/h3-4,8,13H,1-2,5-7,9-10,15H2. The molecule has 1 aromatic carbocycles. The van der Waals surface area contributed by atoms with Crippen LogP contribution in [0.3, 0.4) is 0 Å². The van der Waals surface area contributed by atoms with E-state index in [0.29, 0.717) is 6.04 Å². The fourth-order valence-electron chi connectivity index (χ4n) is 2.94. The van der Waals surface area contributed by atoms with Crippen LogP contribution in [0.5, 0.6) is 5.75 Å². The van der Waals surface area contributed by atoms with Gasteiger partial charge >= 0.3 is 0 Å². The predicted octanol–water partition coefficient (Wildman–Crippen LogP) is 1.54. The molecule has 0 bridgehead atoms. The molecule has 0 amide bonds. The van der Waals surface area contributed by atoms with Gasteiger partial charge in [-0.1, -0.05) is 12.1 Å². The predicted molar refractivity (Wildman–Crippen MR) is 68.1 cm³/mol. The first-order valence-electron chi connectivity index (χ1n) is 6.55. The molecule has 3 rings (SSSR count). The molecule has 1 aromatic rings. The summed E-state index contributed by atoms with van der Waals surface area (Å²) in [5, 5.41) is 0. The maximum absolute atomic E-state index is 5.81. The lowest BCUT2D eigenvalue weighted by Gasteiger charge is -2.23. The lowest BCUT2D eigenvalue weighted by atomic mass is 10.1. The highest BCUT2D eigenvalue weighted by molar-refractivity contribution is 5.39. The Kier molecular flexibility index (Phi) is 3.04. The lowest BCUT2D eigenvalue weighted by molar-refractivity contribution is 0.250. The van der Waals surface area contributed by atoms with Gasteiger partial charge in [-0.25, -0.2) is 0 Å². The number of nitrogens with two attached hydrogens (primary N) is 1. The summed E-state index contributed by atoms with van der Waals surface area (Å²) in [7, 11) is 0. The third-order valence-corrected chi connectivity index (χ3v) is 3.91. The molecule has 2 N–H and O–H groups in total. The maximum Gasteiger partial charge on any atom is 0.122 e. The van der Waals surface area contributed by atoms with Crippen molar-refractivity contribution in [2.45, 2.75) is 31.8 Å². The topological polar surface area (TPSA) is 38.5 Å². The van der Waals surface area contributed by atoms with Crippen molar-refractivity contribution in [1.29, 1.82) is 0 Å². The number of rotatable bonds is 3. The van der Waals surface area contributed by atoms with Gasteiger partial charge in [-0.3, -0.25) is 4.90 Å². The number of likely N-dealkylation sites (tertiary alicyclic amines) is 1. The highest BCUT2D eigenvalue weighted by Crippen LogP contribution is 2.27. The number of hydrogen-bond acceptors (Lipinski definition) is 3. The minimum absolute atomic E-state index is 0.583. The summed E-state index contributed by atoms with van der Waals surface area (Å²) < 4.78 is 5.53. The Bertz CT molecular complexity index is 405. The summed E-state index contributed by atoms with van der Waals surface area (Å²) in [5.41, 5.74) is 8.57. The summed E-state index contributed by atoms with van der Waals surface area (Å²) in [5.74, 6) is 1.07. The first-order chi connectivity index (χ1) is 8.36. The summed E-state index contributed by atoms with van der Waals surface area (Å²) >= 11 is 0.